The molecule has 7 heteroatoms. The molecule has 0 aliphatic carbocycles. The zero-order valence-electron chi connectivity index (χ0n) is 11.1. The molecular formula is C14H11ClN4O2. The molecule has 0 saturated carbocycles. The molecule has 1 heterocycles. The predicted octanol–water partition coefficient (Wildman–Crippen LogP) is 3.69. The second-order valence-corrected chi connectivity index (χ2v) is 4.82. The summed E-state index contributed by atoms with van der Waals surface area (Å²) in [6.45, 7) is 1.88. The van der Waals surface area contributed by atoms with Gasteiger partial charge in [-0.25, -0.2) is 4.98 Å². The Morgan fingerprint density at radius 1 is 1.48 bits per heavy atom. The maximum atomic E-state index is 10.7. The van der Waals surface area contributed by atoms with Crippen molar-refractivity contribution in [3.05, 3.63) is 62.8 Å². The zero-order chi connectivity index (χ0) is 15.4. The highest BCUT2D eigenvalue weighted by Crippen LogP contribution is 2.24. The summed E-state index contributed by atoms with van der Waals surface area (Å²) in [7, 11) is 0. The van der Waals surface area contributed by atoms with Crippen LogP contribution in [0.2, 0.25) is 5.02 Å². The topological polar surface area (TPSA) is 91.8 Å². The van der Waals surface area contributed by atoms with Crippen LogP contribution >= 0.6 is 11.6 Å². The second-order valence-electron chi connectivity index (χ2n) is 4.38. The van der Waals surface area contributed by atoms with Gasteiger partial charge in [-0.05, 0) is 24.6 Å². The number of rotatable bonds is 4. The molecular weight excluding hydrogens is 292 g/mol. The molecule has 0 amide bonds. The number of nitrogens with one attached hydrogen (secondary N) is 1. The van der Waals surface area contributed by atoms with Crippen LogP contribution in [0, 0.1) is 21.4 Å². The lowest BCUT2D eigenvalue weighted by molar-refractivity contribution is -0.385. The van der Waals surface area contributed by atoms with Crippen LogP contribution < -0.4 is 5.32 Å². The summed E-state index contributed by atoms with van der Waals surface area (Å²) in [4.78, 5) is 14.0. The van der Waals surface area contributed by atoms with Gasteiger partial charge in [0, 0.05) is 11.1 Å². The average molecular weight is 303 g/mol. The zero-order valence-corrected chi connectivity index (χ0v) is 11.8. The van der Waals surface area contributed by atoms with E-state index in [2.05, 4.69) is 10.3 Å². The molecule has 0 saturated heterocycles. The first kappa shape index (κ1) is 14.8. The van der Waals surface area contributed by atoms with E-state index >= 15 is 0 Å². The van der Waals surface area contributed by atoms with E-state index in [4.69, 9.17) is 16.9 Å². The minimum Gasteiger partial charge on any atom is -0.362 e. The molecule has 106 valence electrons. The Kier molecular flexibility index (Phi) is 4.36. The molecule has 2 aromatic rings. The van der Waals surface area contributed by atoms with Crippen molar-refractivity contribution in [2.75, 3.05) is 5.32 Å². The Bertz CT molecular complexity index is 727. The normalized spacial score (nSPS) is 11.5. The summed E-state index contributed by atoms with van der Waals surface area (Å²) in [5.41, 5.74) is 0.831. The molecule has 0 aliphatic rings. The van der Waals surface area contributed by atoms with Crippen molar-refractivity contribution in [1.82, 2.24) is 4.98 Å². The third kappa shape index (κ3) is 3.46. The first-order valence-electron chi connectivity index (χ1n) is 6.08. The number of benzene rings is 1. The molecule has 1 N–H and O–H groups in total. The Labute approximate surface area is 126 Å². The van der Waals surface area contributed by atoms with Crippen molar-refractivity contribution in [3.8, 4) is 6.07 Å². The number of pyridine rings is 1. The number of anilines is 1. The first-order valence-corrected chi connectivity index (χ1v) is 6.45. The van der Waals surface area contributed by atoms with Crippen LogP contribution in [0.3, 0.4) is 0 Å². The number of nitro groups is 1. The largest absolute Gasteiger partial charge is 0.362 e. The molecule has 1 aromatic carbocycles. The van der Waals surface area contributed by atoms with Gasteiger partial charge < -0.3 is 5.32 Å². The van der Waals surface area contributed by atoms with E-state index in [1.807, 2.05) is 25.1 Å². The highest BCUT2D eigenvalue weighted by Gasteiger charge is 2.14. The van der Waals surface area contributed by atoms with Gasteiger partial charge in [-0.2, -0.15) is 5.26 Å². The number of hydrogen-bond donors (Lipinski definition) is 1. The minimum atomic E-state index is -0.585. The lowest BCUT2D eigenvalue weighted by Gasteiger charge is -2.15. The monoisotopic (exact) mass is 302 g/mol. The van der Waals surface area contributed by atoms with E-state index in [1.165, 1.54) is 6.07 Å². The molecule has 6 nitrogen and oxygen atoms in total. The predicted molar refractivity (Wildman–Crippen MR) is 79.1 cm³/mol. The molecule has 0 radical (unpaired) electrons. The van der Waals surface area contributed by atoms with Gasteiger partial charge in [-0.3, -0.25) is 10.1 Å². The third-order valence-electron chi connectivity index (χ3n) is 2.91. The van der Waals surface area contributed by atoms with Crippen molar-refractivity contribution < 1.29 is 4.92 Å². The molecule has 0 spiro atoms. The van der Waals surface area contributed by atoms with Gasteiger partial charge in [-0.15, -0.1) is 0 Å². The van der Waals surface area contributed by atoms with Crippen molar-refractivity contribution in [3.63, 3.8) is 0 Å². The third-order valence-corrected chi connectivity index (χ3v) is 3.14. The Hall–Kier alpha value is -2.65. The Morgan fingerprint density at radius 3 is 2.86 bits per heavy atom. The maximum Gasteiger partial charge on any atom is 0.289 e. The molecule has 1 unspecified atom stereocenters. The molecule has 2 rings (SSSR count). The van der Waals surface area contributed by atoms with E-state index in [-0.39, 0.29) is 17.3 Å². The number of nitrogens with zero attached hydrogens (tertiary/aromatic N) is 3. The Morgan fingerprint density at radius 2 is 2.24 bits per heavy atom. The number of hydrogen-bond acceptors (Lipinski definition) is 5. The molecule has 1 aromatic heterocycles. The van der Waals surface area contributed by atoms with Gasteiger partial charge in [0.15, 0.2) is 0 Å². The van der Waals surface area contributed by atoms with Crippen LogP contribution in [-0.2, 0) is 0 Å². The van der Waals surface area contributed by atoms with Gasteiger partial charge in [0.2, 0.25) is 0 Å². The molecule has 0 aliphatic heterocycles. The van der Waals surface area contributed by atoms with E-state index in [0.717, 1.165) is 11.8 Å². The minimum absolute atomic E-state index is 0.123. The van der Waals surface area contributed by atoms with E-state index < -0.39 is 4.92 Å². The van der Waals surface area contributed by atoms with Gasteiger partial charge in [0.25, 0.3) is 5.69 Å². The van der Waals surface area contributed by atoms with Crippen molar-refractivity contribution >= 4 is 23.1 Å². The number of nitriles is 1. The summed E-state index contributed by atoms with van der Waals surface area (Å²) in [5.74, 6) is 0.301. The molecule has 0 fully saturated rings. The lowest BCUT2D eigenvalue weighted by Crippen LogP contribution is -2.09. The summed E-state index contributed by atoms with van der Waals surface area (Å²) in [6.07, 6.45) is 1.12. The second kappa shape index (κ2) is 6.20. The summed E-state index contributed by atoms with van der Waals surface area (Å²) in [5, 5.41) is 23.4. The maximum absolute atomic E-state index is 10.7. The first-order chi connectivity index (χ1) is 10.0. The van der Waals surface area contributed by atoms with Crippen molar-refractivity contribution in [2.24, 2.45) is 0 Å². The van der Waals surface area contributed by atoms with Crippen LogP contribution in [0.15, 0.2) is 36.5 Å². The summed E-state index contributed by atoms with van der Waals surface area (Å²) < 4.78 is 0. The summed E-state index contributed by atoms with van der Waals surface area (Å²) >= 11 is 5.94. The highest BCUT2D eigenvalue weighted by atomic mass is 35.5. The van der Waals surface area contributed by atoms with Gasteiger partial charge in [0.05, 0.1) is 11.0 Å². The van der Waals surface area contributed by atoms with Crippen LogP contribution in [0.25, 0.3) is 0 Å². The fourth-order valence-electron chi connectivity index (χ4n) is 1.82. The summed E-state index contributed by atoms with van der Waals surface area (Å²) in [6, 6.07) is 10.2. The molecule has 0 bridgehead atoms. The SMILES string of the molecule is CC(Nc1ncc([N+](=O)[O-])cc1C#N)c1cccc(Cl)c1. The highest BCUT2D eigenvalue weighted by molar-refractivity contribution is 6.30. The van der Waals surface area contributed by atoms with Crippen LogP contribution in [-0.4, -0.2) is 9.91 Å². The van der Waals surface area contributed by atoms with Gasteiger partial charge >= 0.3 is 0 Å². The van der Waals surface area contributed by atoms with Crippen LogP contribution in [0.1, 0.15) is 24.1 Å². The van der Waals surface area contributed by atoms with Gasteiger partial charge in [0.1, 0.15) is 23.6 Å². The van der Waals surface area contributed by atoms with Crippen LogP contribution in [0.5, 0.6) is 0 Å². The quantitative estimate of drug-likeness (QED) is 0.687. The smallest absolute Gasteiger partial charge is 0.289 e. The molecule has 1 atom stereocenters. The average Bonchev–Trinajstić information content (AvgIpc) is 2.47. The van der Waals surface area contributed by atoms with Crippen molar-refractivity contribution in [2.45, 2.75) is 13.0 Å². The standard InChI is InChI=1S/C14H11ClN4O2/c1-9(10-3-2-4-12(15)5-10)18-14-11(7-16)6-13(8-17-14)19(20)21/h2-6,8-9H,1H3,(H,17,18). The van der Waals surface area contributed by atoms with Gasteiger partial charge in [-0.1, -0.05) is 23.7 Å². The fourth-order valence-corrected chi connectivity index (χ4v) is 2.02. The fraction of sp³-hybridized carbons (Fsp3) is 0.143. The number of halogens is 1. The lowest BCUT2D eigenvalue weighted by atomic mass is 10.1. The van der Waals surface area contributed by atoms with E-state index in [0.29, 0.717) is 10.8 Å². The van der Waals surface area contributed by atoms with E-state index in [9.17, 15) is 10.1 Å². The number of aromatic nitrogens is 1. The Balaban J connectivity index is 2.27. The van der Waals surface area contributed by atoms with E-state index in [1.54, 1.807) is 12.1 Å². The molecule has 21 heavy (non-hydrogen) atoms. The van der Waals surface area contributed by atoms with Crippen LogP contribution in [0.4, 0.5) is 11.5 Å². The van der Waals surface area contributed by atoms with Crippen molar-refractivity contribution in [1.29, 1.82) is 5.26 Å².